The molecule has 44 heavy (non-hydrogen) atoms. The Balaban J connectivity index is 1.31. The van der Waals surface area contributed by atoms with Gasteiger partial charge in [-0.2, -0.15) is 4.98 Å². The molecule has 2 aliphatic rings. The number of aromatic nitrogens is 6. The molecule has 0 bridgehead atoms. The molecular weight excluding hydrogens is 560 g/mol. The number of piperidine rings is 1. The number of ether oxygens (including phenoxy) is 1. The van der Waals surface area contributed by atoms with Crippen molar-refractivity contribution < 1.29 is 4.74 Å². The molecule has 5 aromatic rings. The molecule has 3 aromatic heterocycles. The van der Waals surface area contributed by atoms with Crippen LogP contribution in [0.15, 0.2) is 44.7 Å². The first-order valence-electron chi connectivity index (χ1n) is 15.5. The highest BCUT2D eigenvalue weighted by Crippen LogP contribution is 2.33. The van der Waals surface area contributed by atoms with E-state index in [1.54, 1.807) is 20.7 Å². The summed E-state index contributed by atoms with van der Waals surface area (Å²) in [5, 5.41) is 1.45. The van der Waals surface area contributed by atoms with Gasteiger partial charge in [0.05, 0.1) is 40.7 Å². The maximum absolute atomic E-state index is 13.6. The number of anilines is 2. The Kier molecular flexibility index (Phi) is 7.03. The van der Waals surface area contributed by atoms with Crippen LogP contribution in [-0.2, 0) is 24.9 Å². The zero-order valence-electron chi connectivity index (χ0n) is 25.7. The fourth-order valence-electron chi connectivity index (χ4n) is 6.92. The smallest absolute Gasteiger partial charge is 0.331 e. The highest BCUT2D eigenvalue weighted by molar-refractivity contribution is 6.00. The lowest BCUT2D eigenvalue weighted by Crippen LogP contribution is -2.45. The number of morpholine rings is 1. The van der Waals surface area contributed by atoms with Gasteiger partial charge in [0.15, 0.2) is 0 Å². The molecule has 5 heterocycles. The number of rotatable bonds is 5. The van der Waals surface area contributed by atoms with Crippen molar-refractivity contribution in [3.63, 3.8) is 0 Å². The fourth-order valence-corrected chi connectivity index (χ4v) is 6.92. The SMILES string of the molecule is CCn1c(=O)n(CC)c2cc3c(N4CCC(n5c(=O)c6cc(C)ccc6n(C)c5=O)CC4)nc(N4CCOCC4)nc3cc21. The minimum absolute atomic E-state index is 0.0263. The summed E-state index contributed by atoms with van der Waals surface area (Å²) in [4.78, 5) is 54.7. The third kappa shape index (κ3) is 4.42. The lowest BCUT2D eigenvalue weighted by atomic mass is 10.0. The van der Waals surface area contributed by atoms with Crippen LogP contribution in [0.4, 0.5) is 11.8 Å². The molecule has 0 unspecified atom stereocenters. The molecule has 0 saturated carbocycles. The van der Waals surface area contributed by atoms with Gasteiger partial charge in [-0.05, 0) is 57.9 Å². The van der Waals surface area contributed by atoms with Gasteiger partial charge in [0.2, 0.25) is 5.95 Å². The van der Waals surface area contributed by atoms with Crippen LogP contribution in [0.1, 0.15) is 38.3 Å². The van der Waals surface area contributed by atoms with Gasteiger partial charge < -0.3 is 14.5 Å². The number of fused-ring (bicyclic) bond motifs is 3. The molecule has 0 radical (unpaired) electrons. The molecule has 2 aliphatic heterocycles. The molecule has 0 amide bonds. The number of aryl methyl sites for hydroxylation is 4. The van der Waals surface area contributed by atoms with Crippen molar-refractivity contribution >= 4 is 44.6 Å². The van der Waals surface area contributed by atoms with Crippen LogP contribution >= 0.6 is 0 Å². The van der Waals surface area contributed by atoms with E-state index in [1.165, 1.54) is 4.57 Å². The average molecular weight is 599 g/mol. The summed E-state index contributed by atoms with van der Waals surface area (Å²) in [6, 6.07) is 9.49. The van der Waals surface area contributed by atoms with Crippen LogP contribution in [0.25, 0.3) is 32.8 Å². The second-order valence-corrected chi connectivity index (χ2v) is 11.8. The summed E-state index contributed by atoms with van der Waals surface area (Å²) in [6.45, 7) is 10.9. The number of benzene rings is 2. The molecule has 0 N–H and O–H groups in total. The Morgan fingerprint density at radius 2 is 1.48 bits per heavy atom. The second-order valence-electron chi connectivity index (χ2n) is 11.8. The van der Waals surface area contributed by atoms with Gasteiger partial charge in [-0.15, -0.1) is 0 Å². The van der Waals surface area contributed by atoms with Crippen molar-refractivity contribution in [1.82, 2.24) is 28.2 Å². The van der Waals surface area contributed by atoms with E-state index in [-0.39, 0.29) is 23.0 Å². The topological polar surface area (TPSA) is 112 Å². The van der Waals surface area contributed by atoms with Crippen molar-refractivity contribution in [1.29, 1.82) is 0 Å². The Morgan fingerprint density at radius 3 is 2.16 bits per heavy atom. The van der Waals surface area contributed by atoms with Gasteiger partial charge >= 0.3 is 11.4 Å². The molecule has 7 rings (SSSR count). The predicted molar refractivity (Wildman–Crippen MR) is 172 cm³/mol. The zero-order chi connectivity index (χ0) is 30.7. The van der Waals surface area contributed by atoms with Crippen LogP contribution < -0.4 is 26.7 Å². The Bertz CT molecular complexity index is 2090. The first-order chi connectivity index (χ1) is 21.3. The van der Waals surface area contributed by atoms with Crippen molar-refractivity contribution in [3.05, 3.63) is 67.2 Å². The Labute approximate surface area is 253 Å². The van der Waals surface area contributed by atoms with Crippen LogP contribution in [0.5, 0.6) is 0 Å². The van der Waals surface area contributed by atoms with Crippen LogP contribution in [0.2, 0.25) is 0 Å². The zero-order valence-corrected chi connectivity index (χ0v) is 25.7. The standard InChI is InChI=1S/C32H38N8O4/c1-5-38-26-18-22-24(19-27(26)39(6-2)32(38)43)33-30(37-13-15-44-16-14-37)34-28(22)36-11-9-21(10-12-36)40-29(41)23-17-20(3)7-8-25(23)35(4)31(40)42/h7-8,17-19,21H,5-6,9-16H2,1-4H3. The molecule has 12 nitrogen and oxygen atoms in total. The van der Waals surface area contributed by atoms with E-state index in [2.05, 4.69) is 15.9 Å². The Morgan fingerprint density at radius 1 is 0.795 bits per heavy atom. The van der Waals surface area contributed by atoms with E-state index in [0.717, 1.165) is 33.3 Å². The highest BCUT2D eigenvalue weighted by Gasteiger charge is 2.28. The van der Waals surface area contributed by atoms with Crippen molar-refractivity contribution in [2.75, 3.05) is 49.2 Å². The maximum atomic E-state index is 13.6. The van der Waals surface area contributed by atoms with E-state index in [0.29, 0.717) is 82.2 Å². The quantitative estimate of drug-likeness (QED) is 0.304. The van der Waals surface area contributed by atoms with Gasteiger partial charge in [0, 0.05) is 57.7 Å². The predicted octanol–water partition coefficient (Wildman–Crippen LogP) is 2.79. The van der Waals surface area contributed by atoms with E-state index in [4.69, 9.17) is 14.7 Å². The van der Waals surface area contributed by atoms with E-state index >= 15 is 0 Å². The number of hydrogen-bond acceptors (Lipinski definition) is 8. The molecular formula is C32H38N8O4. The summed E-state index contributed by atoms with van der Waals surface area (Å²) >= 11 is 0. The van der Waals surface area contributed by atoms with Gasteiger partial charge in [-0.1, -0.05) is 11.6 Å². The minimum Gasteiger partial charge on any atom is -0.378 e. The van der Waals surface area contributed by atoms with Crippen LogP contribution in [0.3, 0.4) is 0 Å². The van der Waals surface area contributed by atoms with Gasteiger partial charge in [-0.25, -0.2) is 14.6 Å². The largest absolute Gasteiger partial charge is 0.378 e. The molecule has 0 aliphatic carbocycles. The van der Waals surface area contributed by atoms with Crippen LogP contribution in [0, 0.1) is 6.92 Å². The lowest BCUT2D eigenvalue weighted by Gasteiger charge is -2.35. The molecule has 230 valence electrons. The van der Waals surface area contributed by atoms with Crippen molar-refractivity contribution in [2.24, 2.45) is 7.05 Å². The maximum Gasteiger partial charge on any atom is 0.331 e. The van der Waals surface area contributed by atoms with E-state index in [1.807, 2.05) is 45.0 Å². The first-order valence-corrected chi connectivity index (χ1v) is 15.5. The third-order valence-corrected chi connectivity index (χ3v) is 9.31. The highest BCUT2D eigenvalue weighted by atomic mass is 16.5. The molecule has 0 spiro atoms. The summed E-state index contributed by atoms with van der Waals surface area (Å²) in [6.07, 6.45) is 1.25. The van der Waals surface area contributed by atoms with Gasteiger partial charge in [0.25, 0.3) is 5.56 Å². The number of imidazole rings is 1. The molecule has 2 fully saturated rings. The van der Waals surface area contributed by atoms with Gasteiger partial charge in [-0.3, -0.25) is 23.1 Å². The third-order valence-electron chi connectivity index (χ3n) is 9.31. The van der Waals surface area contributed by atoms with Crippen LogP contribution in [-0.4, -0.2) is 67.6 Å². The molecule has 0 atom stereocenters. The summed E-state index contributed by atoms with van der Waals surface area (Å²) in [5.74, 6) is 1.46. The fraction of sp³-hybridized carbons (Fsp3) is 0.469. The second kappa shape index (κ2) is 10.9. The molecule has 2 aromatic carbocycles. The number of nitrogens with zero attached hydrogens (tertiary/aromatic N) is 8. The van der Waals surface area contributed by atoms with Crippen molar-refractivity contribution in [3.8, 4) is 0 Å². The lowest BCUT2D eigenvalue weighted by molar-refractivity contribution is 0.122. The summed E-state index contributed by atoms with van der Waals surface area (Å²) in [5.41, 5.74) is 3.62. The Hall–Kier alpha value is -4.45. The average Bonchev–Trinajstić information content (AvgIpc) is 3.31. The normalized spacial score (nSPS) is 16.5. The van der Waals surface area contributed by atoms with Crippen molar-refractivity contribution in [2.45, 2.75) is 52.7 Å². The minimum atomic E-state index is -0.285. The molecule has 2 saturated heterocycles. The van der Waals surface area contributed by atoms with Gasteiger partial charge in [0.1, 0.15) is 5.82 Å². The number of hydrogen-bond donors (Lipinski definition) is 0. The monoisotopic (exact) mass is 598 g/mol. The van der Waals surface area contributed by atoms with E-state index < -0.39 is 0 Å². The molecule has 12 heteroatoms. The summed E-state index contributed by atoms with van der Waals surface area (Å²) in [7, 11) is 1.73. The first kappa shape index (κ1) is 28.3. The summed E-state index contributed by atoms with van der Waals surface area (Å²) < 4.78 is 12.2. The van der Waals surface area contributed by atoms with E-state index in [9.17, 15) is 14.4 Å².